The molecule has 0 aliphatic heterocycles. The fourth-order valence-electron chi connectivity index (χ4n) is 16.5. The molecule has 2 aromatic carbocycles. The Hall–Kier alpha value is -2.36. The Morgan fingerprint density at radius 2 is 0.870 bits per heavy atom. The first-order valence-electron chi connectivity index (χ1n) is 19.4. The molecule has 12 aliphatic rings. The molecule has 6 N–H and O–H groups in total. The van der Waals surface area contributed by atoms with E-state index in [-0.39, 0.29) is 16.2 Å². The van der Waals surface area contributed by atoms with Crippen LogP contribution in [-0.2, 0) is 16.2 Å². The summed E-state index contributed by atoms with van der Waals surface area (Å²) >= 11 is 0. The van der Waals surface area contributed by atoms with Crippen molar-refractivity contribution in [3.05, 3.63) is 46.5 Å². The van der Waals surface area contributed by atoms with E-state index in [1.165, 1.54) is 131 Å². The van der Waals surface area contributed by atoms with Crippen LogP contribution < -0.4 is 11.5 Å². The molecule has 0 saturated heterocycles. The molecular formula is C42H54N2O2. The first kappa shape index (κ1) is 27.6. The molecule has 14 rings (SSSR count). The number of rotatable bonds is 4. The van der Waals surface area contributed by atoms with Gasteiger partial charge in [0.15, 0.2) is 0 Å². The molecule has 244 valence electrons. The second kappa shape index (κ2) is 9.00. The van der Waals surface area contributed by atoms with Gasteiger partial charge >= 0.3 is 0 Å². The van der Waals surface area contributed by atoms with Crippen LogP contribution in [0.4, 0.5) is 11.4 Å². The van der Waals surface area contributed by atoms with Gasteiger partial charge in [-0.15, -0.1) is 0 Å². The third kappa shape index (κ3) is 3.63. The lowest BCUT2D eigenvalue weighted by Crippen LogP contribution is -2.54. The Morgan fingerprint density at radius 1 is 0.478 bits per heavy atom. The second-order valence-corrected chi connectivity index (χ2v) is 19.6. The van der Waals surface area contributed by atoms with Crippen LogP contribution in [0.2, 0.25) is 0 Å². The van der Waals surface area contributed by atoms with Gasteiger partial charge in [0, 0.05) is 16.5 Å². The van der Waals surface area contributed by atoms with E-state index in [1.807, 2.05) is 0 Å². The van der Waals surface area contributed by atoms with E-state index in [0.717, 1.165) is 47.3 Å². The highest BCUT2D eigenvalue weighted by Gasteiger charge is 2.60. The van der Waals surface area contributed by atoms with E-state index in [1.54, 1.807) is 0 Å². The van der Waals surface area contributed by atoms with Gasteiger partial charge in [-0.05, 0) is 202 Å². The van der Waals surface area contributed by atoms with Crippen LogP contribution in [0.5, 0.6) is 11.5 Å². The summed E-state index contributed by atoms with van der Waals surface area (Å²) in [5.74, 6) is 8.34. The number of nitrogen functional groups attached to an aromatic ring is 2. The van der Waals surface area contributed by atoms with Gasteiger partial charge < -0.3 is 21.7 Å². The van der Waals surface area contributed by atoms with Crippen molar-refractivity contribution in [3.63, 3.8) is 0 Å². The van der Waals surface area contributed by atoms with E-state index in [2.05, 4.69) is 24.3 Å². The standard InChI is InChI=1S/C42H54N2O2/c43-35-11-31(10-33(38(35)45)40-14-22-1-23(15-40)3-24(2-22)16-40)37-30-8-28-7-29(9-30)21-42(37,20-28)32-12-34(39(46)36(44)13-32)41-17-25-4-26(18-41)6-27(5-25)19-41/h10-13,22-30,37,45-46H,1-9,14-21,43-44H2. The first-order chi connectivity index (χ1) is 22.2. The summed E-state index contributed by atoms with van der Waals surface area (Å²) in [5, 5.41) is 23.4. The van der Waals surface area contributed by atoms with Crippen LogP contribution in [0.3, 0.4) is 0 Å². The fraction of sp³-hybridized carbons (Fsp3) is 0.714. The van der Waals surface area contributed by atoms with Crippen molar-refractivity contribution in [3.8, 4) is 11.5 Å². The van der Waals surface area contributed by atoms with E-state index < -0.39 is 0 Å². The van der Waals surface area contributed by atoms with Crippen molar-refractivity contribution in [2.45, 2.75) is 131 Å². The lowest BCUT2D eigenvalue weighted by Gasteiger charge is -2.62. The highest BCUT2D eigenvalue weighted by atomic mass is 16.3. The molecule has 12 aliphatic carbocycles. The largest absolute Gasteiger partial charge is 0.505 e. The molecule has 0 heterocycles. The Bertz CT molecular complexity index is 1560. The van der Waals surface area contributed by atoms with E-state index in [9.17, 15) is 10.2 Å². The summed E-state index contributed by atoms with van der Waals surface area (Å²) in [7, 11) is 0. The molecule has 46 heavy (non-hydrogen) atoms. The van der Waals surface area contributed by atoms with Crippen LogP contribution in [0, 0.1) is 53.3 Å². The van der Waals surface area contributed by atoms with Gasteiger partial charge in [0.1, 0.15) is 11.5 Å². The van der Waals surface area contributed by atoms with Crippen LogP contribution in [0.1, 0.15) is 137 Å². The molecule has 0 amide bonds. The normalized spacial score (nSPS) is 48.9. The summed E-state index contributed by atoms with van der Waals surface area (Å²) in [6.45, 7) is 0. The number of aromatic hydroxyl groups is 2. The average Bonchev–Trinajstić information content (AvgIpc) is 2.98. The topological polar surface area (TPSA) is 92.5 Å². The zero-order chi connectivity index (χ0) is 30.7. The third-order valence-electron chi connectivity index (χ3n) is 16.8. The number of hydrogen-bond acceptors (Lipinski definition) is 4. The molecule has 12 bridgehead atoms. The lowest BCUT2D eigenvalue weighted by atomic mass is 9.42. The summed E-state index contributed by atoms with van der Waals surface area (Å²) in [4.78, 5) is 0. The minimum atomic E-state index is 0.0236. The van der Waals surface area contributed by atoms with E-state index >= 15 is 0 Å². The predicted molar refractivity (Wildman–Crippen MR) is 183 cm³/mol. The van der Waals surface area contributed by atoms with Crippen molar-refractivity contribution in [2.24, 2.45) is 53.3 Å². The van der Waals surface area contributed by atoms with Crippen molar-refractivity contribution in [1.29, 1.82) is 0 Å². The van der Waals surface area contributed by atoms with Gasteiger partial charge in [-0.25, -0.2) is 0 Å². The number of hydrogen-bond donors (Lipinski definition) is 4. The number of phenolic OH excluding ortho intramolecular Hbond substituents is 2. The van der Waals surface area contributed by atoms with Gasteiger partial charge in [0.2, 0.25) is 0 Å². The number of nitrogens with two attached hydrogens (primary N) is 2. The molecule has 12 saturated carbocycles. The molecule has 0 spiro atoms. The van der Waals surface area contributed by atoms with Crippen molar-refractivity contribution in [1.82, 2.24) is 0 Å². The fourth-order valence-corrected chi connectivity index (χ4v) is 16.5. The predicted octanol–water partition coefficient (Wildman–Crippen LogP) is 9.06. The maximum atomic E-state index is 11.7. The molecule has 3 unspecified atom stereocenters. The quantitative estimate of drug-likeness (QED) is 0.203. The average molecular weight is 619 g/mol. The highest BCUT2D eigenvalue weighted by molar-refractivity contribution is 5.65. The molecule has 3 atom stereocenters. The summed E-state index contributed by atoms with van der Waals surface area (Å²) < 4.78 is 0. The van der Waals surface area contributed by atoms with Gasteiger partial charge in [0.05, 0.1) is 11.4 Å². The molecule has 4 nitrogen and oxygen atoms in total. The maximum Gasteiger partial charge on any atom is 0.142 e. The van der Waals surface area contributed by atoms with E-state index in [4.69, 9.17) is 11.5 Å². The first-order valence-corrected chi connectivity index (χ1v) is 19.4. The summed E-state index contributed by atoms with van der Waals surface area (Å²) in [5.41, 5.74) is 20.4. The Balaban J connectivity index is 1.06. The number of phenols is 2. The van der Waals surface area contributed by atoms with Crippen LogP contribution in [-0.4, -0.2) is 10.2 Å². The molecule has 0 aromatic heterocycles. The molecule has 0 radical (unpaired) electrons. The van der Waals surface area contributed by atoms with Crippen LogP contribution in [0.15, 0.2) is 24.3 Å². The third-order valence-corrected chi connectivity index (χ3v) is 16.8. The zero-order valence-electron chi connectivity index (χ0n) is 27.7. The van der Waals surface area contributed by atoms with Crippen molar-refractivity contribution >= 4 is 11.4 Å². The summed E-state index contributed by atoms with van der Waals surface area (Å²) in [6.07, 6.45) is 22.3. The maximum absolute atomic E-state index is 11.7. The van der Waals surface area contributed by atoms with Gasteiger partial charge in [0.25, 0.3) is 0 Å². The van der Waals surface area contributed by atoms with Crippen LogP contribution in [0.25, 0.3) is 0 Å². The highest BCUT2D eigenvalue weighted by Crippen LogP contribution is 2.69. The zero-order valence-corrected chi connectivity index (χ0v) is 27.7. The monoisotopic (exact) mass is 618 g/mol. The smallest absolute Gasteiger partial charge is 0.142 e. The SMILES string of the molecule is Nc1cc(C2C3CC4CC(C3)CC2(c2cc(N)c(O)c(C35CC6CC(CC(C6)C3)C5)c2)C4)cc(C23CC4CC(CC(C4)C2)C3)c1O. The number of anilines is 2. The van der Waals surface area contributed by atoms with Crippen molar-refractivity contribution < 1.29 is 10.2 Å². The molecular weight excluding hydrogens is 564 g/mol. The lowest BCUT2D eigenvalue weighted by molar-refractivity contribution is -0.0289. The van der Waals surface area contributed by atoms with Gasteiger partial charge in [-0.3, -0.25) is 0 Å². The van der Waals surface area contributed by atoms with E-state index in [0.29, 0.717) is 34.7 Å². The Kier molecular flexibility index (Phi) is 5.39. The Labute approximate surface area is 275 Å². The summed E-state index contributed by atoms with van der Waals surface area (Å²) in [6, 6.07) is 9.42. The minimum absolute atomic E-state index is 0.0236. The van der Waals surface area contributed by atoms with Gasteiger partial charge in [-0.1, -0.05) is 12.1 Å². The molecule has 2 aromatic rings. The number of benzene rings is 2. The minimum Gasteiger partial charge on any atom is -0.505 e. The van der Waals surface area contributed by atoms with Crippen molar-refractivity contribution in [2.75, 3.05) is 11.5 Å². The molecule has 4 heteroatoms. The Morgan fingerprint density at radius 3 is 1.33 bits per heavy atom. The second-order valence-electron chi connectivity index (χ2n) is 19.6. The van der Waals surface area contributed by atoms with Gasteiger partial charge in [-0.2, -0.15) is 0 Å². The molecule has 12 fully saturated rings. The van der Waals surface area contributed by atoms with Crippen LogP contribution >= 0.6 is 0 Å².